The van der Waals surface area contributed by atoms with Crippen LogP contribution < -0.4 is 5.56 Å². The average molecular weight is 240 g/mol. The Balaban J connectivity index is 2.35. The van der Waals surface area contributed by atoms with E-state index in [2.05, 4.69) is 4.98 Å². The van der Waals surface area contributed by atoms with Gasteiger partial charge in [-0.2, -0.15) is 0 Å². The number of fused-ring (bicyclic) bond motifs is 1. The lowest BCUT2D eigenvalue weighted by Crippen LogP contribution is -2.19. The Bertz CT molecular complexity index is 766. The molecule has 88 valence electrons. The van der Waals surface area contributed by atoms with Gasteiger partial charge in [0, 0.05) is 0 Å². The third-order valence-corrected chi connectivity index (χ3v) is 2.77. The van der Waals surface area contributed by atoms with Crippen LogP contribution in [0.1, 0.15) is 0 Å². The molecule has 0 aliphatic rings. The van der Waals surface area contributed by atoms with Gasteiger partial charge in [0.2, 0.25) is 0 Å². The van der Waals surface area contributed by atoms with Gasteiger partial charge in [0.05, 0.1) is 11.1 Å². The molecule has 0 spiro atoms. The molecule has 0 atom stereocenters. The molecule has 0 N–H and O–H groups in total. The van der Waals surface area contributed by atoms with E-state index in [0.29, 0.717) is 5.69 Å². The highest BCUT2D eigenvalue weighted by Gasteiger charge is 2.08. The number of hydrogen-bond acceptors (Lipinski definition) is 2. The zero-order valence-electron chi connectivity index (χ0n) is 9.38. The van der Waals surface area contributed by atoms with Gasteiger partial charge in [-0.05, 0) is 24.3 Å². The summed E-state index contributed by atoms with van der Waals surface area (Å²) >= 11 is 0. The Labute approximate surface area is 102 Å². The summed E-state index contributed by atoms with van der Waals surface area (Å²) in [6, 6.07) is 13.5. The van der Waals surface area contributed by atoms with Gasteiger partial charge in [-0.15, -0.1) is 0 Å². The van der Waals surface area contributed by atoms with Gasteiger partial charge in [0.1, 0.15) is 17.7 Å². The molecule has 0 saturated heterocycles. The van der Waals surface area contributed by atoms with E-state index in [9.17, 15) is 9.18 Å². The first kappa shape index (κ1) is 10.7. The smallest absolute Gasteiger partial charge is 0.265 e. The highest BCUT2D eigenvalue weighted by atomic mass is 19.1. The standard InChI is InChI=1S/C14H9FN2O/c15-12-8-4-7-11-13(12)16-9-17(14(11)18)10-5-2-1-3-6-10/h1-9H. The predicted molar refractivity (Wildman–Crippen MR) is 67.3 cm³/mol. The zero-order valence-corrected chi connectivity index (χ0v) is 9.38. The second kappa shape index (κ2) is 4.07. The summed E-state index contributed by atoms with van der Waals surface area (Å²) in [5.41, 5.74) is 0.543. The van der Waals surface area contributed by atoms with Gasteiger partial charge in [0.25, 0.3) is 5.56 Å². The molecule has 3 rings (SSSR count). The SMILES string of the molecule is O=c1c2cccc(F)c2ncn1-c1ccccc1. The monoisotopic (exact) mass is 240 g/mol. The van der Waals surface area contributed by atoms with Crippen molar-refractivity contribution in [1.29, 1.82) is 0 Å². The molecule has 0 amide bonds. The molecule has 18 heavy (non-hydrogen) atoms. The maximum absolute atomic E-state index is 13.5. The van der Waals surface area contributed by atoms with Crippen molar-refractivity contribution in [2.75, 3.05) is 0 Å². The molecule has 0 aliphatic carbocycles. The van der Waals surface area contributed by atoms with Crippen LogP contribution in [0.15, 0.2) is 59.7 Å². The molecule has 3 nitrogen and oxygen atoms in total. The zero-order chi connectivity index (χ0) is 12.5. The highest BCUT2D eigenvalue weighted by Crippen LogP contribution is 2.12. The van der Waals surface area contributed by atoms with Gasteiger partial charge in [-0.3, -0.25) is 9.36 Å². The molecular formula is C14H9FN2O. The Kier molecular flexibility index (Phi) is 2.41. The number of para-hydroxylation sites is 2. The number of benzene rings is 2. The molecule has 0 unspecified atom stereocenters. The summed E-state index contributed by atoms with van der Waals surface area (Å²) in [6.07, 6.45) is 1.35. The summed E-state index contributed by atoms with van der Waals surface area (Å²) in [5, 5.41) is 0.279. The lowest BCUT2D eigenvalue weighted by molar-refractivity contribution is 0.636. The van der Waals surface area contributed by atoms with E-state index in [1.165, 1.54) is 23.0 Å². The van der Waals surface area contributed by atoms with Crippen LogP contribution in [0.2, 0.25) is 0 Å². The van der Waals surface area contributed by atoms with Crippen molar-refractivity contribution in [3.05, 3.63) is 71.0 Å². The largest absolute Gasteiger partial charge is 0.268 e. The fraction of sp³-hybridized carbons (Fsp3) is 0. The molecule has 4 heteroatoms. The molecule has 0 fully saturated rings. The molecule has 1 heterocycles. The molecule has 0 saturated carbocycles. The van der Waals surface area contributed by atoms with E-state index in [1.54, 1.807) is 18.2 Å². The lowest BCUT2D eigenvalue weighted by Gasteiger charge is -2.06. The Hall–Kier alpha value is -2.49. The predicted octanol–water partition coefficient (Wildman–Crippen LogP) is 2.52. The second-order valence-corrected chi connectivity index (χ2v) is 3.89. The summed E-state index contributed by atoms with van der Waals surface area (Å²) in [4.78, 5) is 16.2. The van der Waals surface area contributed by atoms with E-state index < -0.39 is 5.82 Å². The van der Waals surface area contributed by atoms with Crippen molar-refractivity contribution in [2.24, 2.45) is 0 Å². The average Bonchev–Trinajstić information content (AvgIpc) is 2.41. The van der Waals surface area contributed by atoms with Crippen LogP contribution >= 0.6 is 0 Å². The highest BCUT2D eigenvalue weighted by molar-refractivity contribution is 5.78. The van der Waals surface area contributed by atoms with Gasteiger partial charge in [-0.1, -0.05) is 24.3 Å². The van der Waals surface area contributed by atoms with E-state index in [4.69, 9.17) is 0 Å². The second-order valence-electron chi connectivity index (χ2n) is 3.89. The quantitative estimate of drug-likeness (QED) is 0.655. The van der Waals surface area contributed by atoms with Crippen molar-refractivity contribution in [3.63, 3.8) is 0 Å². The van der Waals surface area contributed by atoms with Gasteiger partial charge in [0.15, 0.2) is 0 Å². The van der Waals surface area contributed by atoms with Crippen LogP contribution in [0.5, 0.6) is 0 Å². The van der Waals surface area contributed by atoms with Crippen LogP contribution in [-0.2, 0) is 0 Å². The minimum absolute atomic E-state index is 0.106. The van der Waals surface area contributed by atoms with Gasteiger partial charge in [-0.25, -0.2) is 9.37 Å². The van der Waals surface area contributed by atoms with Crippen molar-refractivity contribution < 1.29 is 4.39 Å². The molecule has 2 aromatic carbocycles. The Morgan fingerprint density at radius 1 is 1.00 bits per heavy atom. The normalized spacial score (nSPS) is 10.7. The maximum atomic E-state index is 13.5. The third kappa shape index (κ3) is 1.59. The Morgan fingerprint density at radius 2 is 1.78 bits per heavy atom. The van der Waals surface area contributed by atoms with E-state index in [-0.39, 0.29) is 16.5 Å². The molecule has 3 aromatic rings. The number of aromatic nitrogens is 2. The van der Waals surface area contributed by atoms with Crippen LogP contribution in [0.25, 0.3) is 16.6 Å². The van der Waals surface area contributed by atoms with E-state index >= 15 is 0 Å². The van der Waals surface area contributed by atoms with Crippen LogP contribution in [-0.4, -0.2) is 9.55 Å². The molecule has 0 radical (unpaired) electrons. The fourth-order valence-electron chi connectivity index (χ4n) is 1.89. The van der Waals surface area contributed by atoms with Gasteiger partial charge >= 0.3 is 0 Å². The molecular weight excluding hydrogens is 231 g/mol. The number of hydrogen-bond donors (Lipinski definition) is 0. The summed E-state index contributed by atoms with van der Waals surface area (Å²) < 4.78 is 14.9. The van der Waals surface area contributed by atoms with Crippen LogP contribution in [0.4, 0.5) is 4.39 Å². The van der Waals surface area contributed by atoms with Crippen LogP contribution in [0, 0.1) is 5.82 Å². The third-order valence-electron chi connectivity index (χ3n) is 2.77. The van der Waals surface area contributed by atoms with Crippen molar-refractivity contribution in [2.45, 2.75) is 0 Å². The molecule has 0 aliphatic heterocycles. The minimum Gasteiger partial charge on any atom is -0.268 e. The topological polar surface area (TPSA) is 34.9 Å². The fourth-order valence-corrected chi connectivity index (χ4v) is 1.89. The Morgan fingerprint density at radius 3 is 2.56 bits per heavy atom. The number of nitrogens with zero attached hydrogens (tertiary/aromatic N) is 2. The first-order valence-corrected chi connectivity index (χ1v) is 5.49. The lowest BCUT2D eigenvalue weighted by atomic mass is 10.2. The molecule has 1 aromatic heterocycles. The van der Waals surface area contributed by atoms with Crippen LogP contribution in [0.3, 0.4) is 0 Å². The van der Waals surface area contributed by atoms with Gasteiger partial charge < -0.3 is 0 Å². The first-order chi connectivity index (χ1) is 8.77. The number of rotatable bonds is 1. The van der Waals surface area contributed by atoms with E-state index in [0.717, 1.165) is 0 Å². The minimum atomic E-state index is -0.482. The maximum Gasteiger partial charge on any atom is 0.265 e. The summed E-state index contributed by atoms with van der Waals surface area (Å²) in [5.74, 6) is -0.482. The number of halogens is 1. The van der Waals surface area contributed by atoms with Crippen molar-refractivity contribution in [3.8, 4) is 5.69 Å². The van der Waals surface area contributed by atoms with E-state index in [1.807, 2.05) is 18.2 Å². The summed E-state index contributed by atoms with van der Waals surface area (Å²) in [7, 11) is 0. The molecule has 0 bridgehead atoms. The van der Waals surface area contributed by atoms with Crippen molar-refractivity contribution in [1.82, 2.24) is 9.55 Å². The first-order valence-electron chi connectivity index (χ1n) is 5.49. The van der Waals surface area contributed by atoms with Crippen molar-refractivity contribution >= 4 is 10.9 Å². The summed E-state index contributed by atoms with van der Waals surface area (Å²) in [6.45, 7) is 0.